The molecule has 2 atom stereocenters. The molecule has 1 aliphatic rings. The molecule has 110 valence electrons. The smallest absolute Gasteiger partial charge is 0.126 e. The summed E-state index contributed by atoms with van der Waals surface area (Å²) in [6.45, 7) is 2.80. The van der Waals surface area contributed by atoms with Gasteiger partial charge < -0.3 is 10.1 Å². The molecule has 2 nitrogen and oxygen atoms in total. The molecule has 2 aromatic carbocycles. The van der Waals surface area contributed by atoms with Gasteiger partial charge in [-0.15, -0.1) is 0 Å². The van der Waals surface area contributed by atoms with Gasteiger partial charge in [-0.2, -0.15) is 0 Å². The molecule has 0 aliphatic carbocycles. The molecule has 0 radical (unpaired) electrons. The van der Waals surface area contributed by atoms with Crippen molar-refractivity contribution in [3.8, 4) is 5.75 Å². The monoisotopic (exact) mass is 289 g/mol. The Hall–Kier alpha value is -1.94. The van der Waals surface area contributed by atoms with Gasteiger partial charge in [0.1, 0.15) is 23.5 Å². The molecular formula is C17H17F2NO. The molecule has 0 bridgehead atoms. The van der Waals surface area contributed by atoms with E-state index in [0.29, 0.717) is 12.2 Å². The van der Waals surface area contributed by atoms with Crippen LogP contribution in [0.15, 0.2) is 42.5 Å². The van der Waals surface area contributed by atoms with E-state index in [1.807, 2.05) is 6.92 Å². The van der Waals surface area contributed by atoms with Crippen molar-refractivity contribution < 1.29 is 13.5 Å². The summed E-state index contributed by atoms with van der Waals surface area (Å²) in [6.07, 6.45) is 0.531. The van der Waals surface area contributed by atoms with Gasteiger partial charge in [0.25, 0.3) is 0 Å². The quantitative estimate of drug-likeness (QED) is 0.917. The van der Waals surface area contributed by atoms with Gasteiger partial charge >= 0.3 is 0 Å². The third-order valence-corrected chi connectivity index (χ3v) is 3.76. The summed E-state index contributed by atoms with van der Waals surface area (Å²) in [4.78, 5) is 0. The Morgan fingerprint density at radius 3 is 2.52 bits per heavy atom. The minimum atomic E-state index is -0.264. The van der Waals surface area contributed by atoms with E-state index in [0.717, 1.165) is 17.7 Å². The molecule has 0 aromatic heterocycles. The first-order valence-corrected chi connectivity index (χ1v) is 7.12. The summed E-state index contributed by atoms with van der Waals surface area (Å²) < 4.78 is 32.4. The van der Waals surface area contributed by atoms with Gasteiger partial charge in [-0.1, -0.05) is 19.1 Å². The largest absolute Gasteiger partial charge is 0.485 e. The molecule has 4 heteroatoms. The molecule has 1 N–H and O–H groups in total. The van der Waals surface area contributed by atoms with Gasteiger partial charge in [0.05, 0.1) is 0 Å². The lowest BCUT2D eigenvalue weighted by atomic mass is 9.93. The van der Waals surface area contributed by atoms with Crippen LogP contribution in [0.1, 0.15) is 36.6 Å². The summed E-state index contributed by atoms with van der Waals surface area (Å²) in [5, 5.41) is 3.36. The standard InChI is InChI=1S/C17H17F2NO/c1-2-20-15-10-17(11-3-5-12(18)6-4-11)21-16-8-7-13(19)9-14(15)16/h3-9,15,17,20H,2,10H2,1H3. The molecule has 2 unspecified atom stereocenters. The van der Waals surface area contributed by atoms with Gasteiger partial charge in [0.15, 0.2) is 0 Å². The van der Waals surface area contributed by atoms with E-state index in [-0.39, 0.29) is 23.8 Å². The molecule has 1 heterocycles. The molecule has 3 rings (SSSR count). The molecular weight excluding hydrogens is 272 g/mol. The average Bonchev–Trinajstić information content (AvgIpc) is 2.48. The maximum atomic E-state index is 13.4. The lowest BCUT2D eigenvalue weighted by Crippen LogP contribution is -2.29. The number of fused-ring (bicyclic) bond motifs is 1. The van der Waals surface area contributed by atoms with Crippen molar-refractivity contribution in [1.82, 2.24) is 5.32 Å². The SMILES string of the molecule is CCNC1CC(c2ccc(F)cc2)Oc2ccc(F)cc21. The number of rotatable bonds is 3. The Labute approximate surface area is 122 Å². The van der Waals surface area contributed by atoms with E-state index in [1.165, 1.54) is 24.3 Å². The highest BCUT2D eigenvalue weighted by Crippen LogP contribution is 2.41. The van der Waals surface area contributed by atoms with Crippen molar-refractivity contribution in [2.45, 2.75) is 25.5 Å². The second-order valence-corrected chi connectivity index (χ2v) is 5.19. The van der Waals surface area contributed by atoms with E-state index in [4.69, 9.17) is 4.74 Å². The second kappa shape index (κ2) is 5.82. The zero-order valence-electron chi connectivity index (χ0n) is 11.8. The lowest BCUT2D eigenvalue weighted by molar-refractivity contribution is 0.151. The number of nitrogens with one attached hydrogen (secondary N) is 1. The summed E-state index contributed by atoms with van der Waals surface area (Å²) in [6, 6.07) is 10.9. The highest BCUT2D eigenvalue weighted by molar-refractivity contribution is 5.39. The highest BCUT2D eigenvalue weighted by atomic mass is 19.1. The summed E-state index contributed by atoms with van der Waals surface area (Å²) in [7, 11) is 0. The molecule has 1 aliphatic heterocycles. The van der Waals surface area contributed by atoms with Crippen molar-refractivity contribution in [2.24, 2.45) is 0 Å². The van der Waals surface area contributed by atoms with Crippen molar-refractivity contribution in [2.75, 3.05) is 6.54 Å². The fraction of sp³-hybridized carbons (Fsp3) is 0.294. The Kier molecular flexibility index (Phi) is 3.88. The molecule has 2 aromatic rings. The number of halogens is 2. The van der Waals surface area contributed by atoms with Gasteiger partial charge in [-0.25, -0.2) is 8.78 Å². The average molecular weight is 289 g/mol. The highest BCUT2D eigenvalue weighted by Gasteiger charge is 2.29. The summed E-state index contributed by atoms with van der Waals surface area (Å²) in [5.74, 6) is 0.156. The predicted octanol–water partition coefficient (Wildman–Crippen LogP) is 4.14. The zero-order chi connectivity index (χ0) is 14.8. The lowest BCUT2D eigenvalue weighted by Gasteiger charge is -2.33. The second-order valence-electron chi connectivity index (χ2n) is 5.19. The van der Waals surface area contributed by atoms with Crippen molar-refractivity contribution >= 4 is 0 Å². The van der Waals surface area contributed by atoms with E-state index in [1.54, 1.807) is 18.2 Å². The number of ether oxygens (including phenoxy) is 1. The third kappa shape index (κ3) is 2.90. The number of benzene rings is 2. The van der Waals surface area contributed by atoms with Crippen LogP contribution in [0.4, 0.5) is 8.78 Å². The molecule has 21 heavy (non-hydrogen) atoms. The van der Waals surface area contributed by atoms with Crippen LogP contribution in [0.5, 0.6) is 5.75 Å². The van der Waals surface area contributed by atoms with E-state index in [2.05, 4.69) is 5.32 Å². The van der Waals surface area contributed by atoms with Gasteiger partial charge in [-0.05, 0) is 42.4 Å². The summed E-state index contributed by atoms with van der Waals surface area (Å²) >= 11 is 0. The number of hydrogen-bond donors (Lipinski definition) is 1. The molecule has 0 saturated heterocycles. The fourth-order valence-corrected chi connectivity index (χ4v) is 2.76. The van der Waals surface area contributed by atoms with Crippen molar-refractivity contribution in [3.05, 3.63) is 65.2 Å². The molecule has 0 amide bonds. The Balaban J connectivity index is 1.93. The van der Waals surface area contributed by atoms with Gasteiger partial charge in [-0.3, -0.25) is 0 Å². The van der Waals surface area contributed by atoms with Crippen LogP contribution in [0.2, 0.25) is 0 Å². The van der Waals surface area contributed by atoms with E-state index >= 15 is 0 Å². The maximum Gasteiger partial charge on any atom is 0.126 e. The van der Waals surface area contributed by atoms with Crippen LogP contribution >= 0.6 is 0 Å². The van der Waals surface area contributed by atoms with Crippen LogP contribution < -0.4 is 10.1 Å². The van der Waals surface area contributed by atoms with Crippen LogP contribution in [-0.4, -0.2) is 6.54 Å². The topological polar surface area (TPSA) is 21.3 Å². The van der Waals surface area contributed by atoms with Crippen LogP contribution in [-0.2, 0) is 0 Å². The van der Waals surface area contributed by atoms with Gasteiger partial charge in [0, 0.05) is 18.0 Å². The molecule has 0 spiro atoms. The van der Waals surface area contributed by atoms with Gasteiger partial charge in [0.2, 0.25) is 0 Å². The zero-order valence-corrected chi connectivity index (χ0v) is 11.8. The third-order valence-electron chi connectivity index (χ3n) is 3.76. The molecule has 0 fully saturated rings. The Morgan fingerprint density at radius 1 is 1.10 bits per heavy atom. The Morgan fingerprint density at radius 2 is 1.81 bits per heavy atom. The molecule has 0 saturated carbocycles. The van der Waals surface area contributed by atoms with E-state index in [9.17, 15) is 8.78 Å². The van der Waals surface area contributed by atoms with E-state index < -0.39 is 0 Å². The van der Waals surface area contributed by atoms with Crippen LogP contribution in [0.3, 0.4) is 0 Å². The Bertz CT molecular complexity index is 627. The first-order valence-electron chi connectivity index (χ1n) is 7.12. The normalized spacial score (nSPS) is 20.7. The van der Waals surface area contributed by atoms with Crippen LogP contribution in [0.25, 0.3) is 0 Å². The fourth-order valence-electron chi connectivity index (χ4n) is 2.76. The van der Waals surface area contributed by atoms with Crippen LogP contribution in [0, 0.1) is 11.6 Å². The van der Waals surface area contributed by atoms with Crippen molar-refractivity contribution in [3.63, 3.8) is 0 Å². The first-order chi connectivity index (χ1) is 10.2. The predicted molar refractivity (Wildman–Crippen MR) is 77.2 cm³/mol. The number of hydrogen-bond acceptors (Lipinski definition) is 2. The first kappa shape index (κ1) is 14.0. The minimum Gasteiger partial charge on any atom is -0.485 e. The minimum absolute atomic E-state index is 0.0319. The maximum absolute atomic E-state index is 13.4. The van der Waals surface area contributed by atoms with Crippen molar-refractivity contribution in [1.29, 1.82) is 0 Å². The summed E-state index contributed by atoms with van der Waals surface area (Å²) in [5.41, 5.74) is 1.77.